The van der Waals surface area contributed by atoms with E-state index in [1.807, 2.05) is 6.07 Å². The smallest absolute Gasteiger partial charge is 0.0486 e. The highest BCUT2D eigenvalue weighted by atomic mass is 79.9. The lowest BCUT2D eigenvalue weighted by molar-refractivity contribution is 0.645. The van der Waals surface area contributed by atoms with Crippen LogP contribution in [0.25, 0.3) is 0 Å². The van der Waals surface area contributed by atoms with Gasteiger partial charge in [0.15, 0.2) is 0 Å². The van der Waals surface area contributed by atoms with Crippen molar-refractivity contribution in [3.63, 3.8) is 0 Å². The maximum atomic E-state index is 3.53. The number of para-hydroxylation sites is 1. The van der Waals surface area contributed by atoms with E-state index in [4.69, 9.17) is 0 Å². The van der Waals surface area contributed by atoms with E-state index in [9.17, 15) is 0 Å². The van der Waals surface area contributed by atoms with Gasteiger partial charge in [-0.25, -0.2) is 0 Å². The van der Waals surface area contributed by atoms with Crippen LogP contribution in [0.4, 0.5) is 5.69 Å². The van der Waals surface area contributed by atoms with Gasteiger partial charge in [-0.3, -0.25) is 0 Å². The maximum absolute atomic E-state index is 3.53. The normalized spacial score (nSPS) is 12.5. The maximum Gasteiger partial charge on any atom is 0.0486 e. The number of nitrogens with one attached hydrogen (secondary N) is 1. The Bertz CT molecular complexity index is 273. The lowest BCUT2D eigenvalue weighted by Gasteiger charge is -2.15. The van der Waals surface area contributed by atoms with Gasteiger partial charge in [-0.15, -0.1) is 0 Å². The van der Waals surface area contributed by atoms with Crippen molar-refractivity contribution in [2.75, 3.05) is 5.32 Å². The third kappa shape index (κ3) is 3.70. The second-order valence-corrected chi connectivity index (χ2v) is 4.52. The molecule has 1 N–H and O–H groups in total. The van der Waals surface area contributed by atoms with Gasteiger partial charge in [0, 0.05) is 16.2 Å². The molecule has 0 spiro atoms. The number of unbranched alkanes of at least 4 members (excludes halogenated alkanes) is 1. The van der Waals surface area contributed by atoms with E-state index in [0.29, 0.717) is 6.04 Å². The molecule has 0 heterocycles. The van der Waals surface area contributed by atoms with Crippen molar-refractivity contribution in [1.29, 1.82) is 0 Å². The van der Waals surface area contributed by atoms with Gasteiger partial charge in [0.1, 0.15) is 0 Å². The van der Waals surface area contributed by atoms with Crippen molar-refractivity contribution < 1.29 is 0 Å². The lowest BCUT2D eigenvalue weighted by Crippen LogP contribution is -2.14. The standard InChI is InChI=1S/C12H18BrN/c1-3-4-7-10(2)14-12-9-6-5-8-11(12)13/h5-6,8-10,14H,3-4,7H2,1-2H3. The molecule has 0 amide bonds. The zero-order chi connectivity index (χ0) is 10.4. The van der Waals surface area contributed by atoms with Crippen LogP contribution in [-0.4, -0.2) is 6.04 Å². The van der Waals surface area contributed by atoms with Crippen molar-refractivity contribution in [2.24, 2.45) is 0 Å². The van der Waals surface area contributed by atoms with Gasteiger partial charge in [0.25, 0.3) is 0 Å². The number of rotatable bonds is 5. The SMILES string of the molecule is CCCCC(C)Nc1ccccc1Br. The molecule has 1 atom stereocenters. The van der Waals surface area contributed by atoms with Crippen molar-refractivity contribution >= 4 is 21.6 Å². The van der Waals surface area contributed by atoms with Crippen molar-refractivity contribution in [2.45, 2.75) is 39.2 Å². The summed E-state index contributed by atoms with van der Waals surface area (Å²) in [6.45, 7) is 4.46. The molecule has 0 aromatic heterocycles. The van der Waals surface area contributed by atoms with Gasteiger partial charge >= 0.3 is 0 Å². The first-order valence-electron chi connectivity index (χ1n) is 5.25. The van der Waals surface area contributed by atoms with Crippen molar-refractivity contribution in [1.82, 2.24) is 0 Å². The van der Waals surface area contributed by atoms with E-state index in [-0.39, 0.29) is 0 Å². The highest BCUT2D eigenvalue weighted by Gasteiger charge is 2.03. The van der Waals surface area contributed by atoms with E-state index < -0.39 is 0 Å². The fourth-order valence-corrected chi connectivity index (χ4v) is 1.83. The third-order valence-electron chi connectivity index (χ3n) is 2.27. The largest absolute Gasteiger partial charge is 0.382 e. The zero-order valence-corrected chi connectivity index (χ0v) is 10.5. The Labute approximate surface area is 95.0 Å². The molecule has 0 aliphatic heterocycles. The quantitative estimate of drug-likeness (QED) is 0.821. The van der Waals surface area contributed by atoms with Crippen molar-refractivity contribution in [3.05, 3.63) is 28.7 Å². The fraction of sp³-hybridized carbons (Fsp3) is 0.500. The molecular formula is C12H18BrN. The zero-order valence-electron chi connectivity index (χ0n) is 8.89. The molecule has 0 aliphatic carbocycles. The van der Waals surface area contributed by atoms with Crippen molar-refractivity contribution in [3.8, 4) is 0 Å². The summed E-state index contributed by atoms with van der Waals surface area (Å²) in [6, 6.07) is 8.81. The highest BCUT2D eigenvalue weighted by molar-refractivity contribution is 9.10. The van der Waals surface area contributed by atoms with Crippen LogP contribution in [-0.2, 0) is 0 Å². The van der Waals surface area contributed by atoms with E-state index >= 15 is 0 Å². The summed E-state index contributed by atoms with van der Waals surface area (Å²) in [4.78, 5) is 0. The molecule has 1 aromatic carbocycles. The molecule has 0 aliphatic rings. The molecule has 0 saturated heterocycles. The van der Waals surface area contributed by atoms with Gasteiger partial charge < -0.3 is 5.32 Å². The van der Waals surface area contributed by atoms with Crippen LogP contribution >= 0.6 is 15.9 Å². The Balaban J connectivity index is 2.47. The predicted octanol–water partition coefficient (Wildman–Crippen LogP) is 4.44. The topological polar surface area (TPSA) is 12.0 Å². The predicted molar refractivity (Wildman–Crippen MR) is 66.8 cm³/mol. The van der Waals surface area contributed by atoms with Crippen LogP contribution in [0.2, 0.25) is 0 Å². The molecule has 0 radical (unpaired) electrons. The minimum absolute atomic E-state index is 0.550. The van der Waals surface area contributed by atoms with Crippen LogP contribution in [0.3, 0.4) is 0 Å². The molecule has 2 heteroatoms. The average molecular weight is 256 g/mol. The fourth-order valence-electron chi connectivity index (χ4n) is 1.43. The second kappa shape index (κ2) is 6.07. The van der Waals surface area contributed by atoms with E-state index in [2.05, 4.69) is 53.3 Å². The molecule has 0 bridgehead atoms. The van der Waals surface area contributed by atoms with Gasteiger partial charge in [-0.1, -0.05) is 31.9 Å². The Morgan fingerprint density at radius 3 is 2.71 bits per heavy atom. The van der Waals surface area contributed by atoms with E-state index in [1.54, 1.807) is 0 Å². The summed E-state index contributed by atoms with van der Waals surface area (Å²) in [5, 5.41) is 3.50. The third-order valence-corrected chi connectivity index (χ3v) is 2.96. The van der Waals surface area contributed by atoms with Crippen LogP contribution in [0.15, 0.2) is 28.7 Å². The second-order valence-electron chi connectivity index (χ2n) is 3.67. The number of hydrogen-bond donors (Lipinski definition) is 1. The van der Waals surface area contributed by atoms with Gasteiger partial charge in [0.2, 0.25) is 0 Å². The van der Waals surface area contributed by atoms with Crippen LogP contribution in [0.1, 0.15) is 33.1 Å². The molecule has 1 unspecified atom stereocenters. The van der Waals surface area contributed by atoms with Crippen LogP contribution in [0.5, 0.6) is 0 Å². The van der Waals surface area contributed by atoms with E-state index in [0.717, 1.165) is 4.47 Å². The Hall–Kier alpha value is -0.500. The minimum atomic E-state index is 0.550. The van der Waals surface area contributed by atoms with Gasteiger partial charge in [0.05, 0.1) is 0 Å². The average Bonchev–Trinajstić information content (AvgIpc) is 2.18. The summed E-state index contributed by atoms with van der Waals surface area (Å²) < 4.78 is 1.14. The Kier molecular flexibility index (Phi) is 5.02. The Morgan fingerprint density at radius 2 is 2.07 bits per heavy atom. The summed E-state index contributed by atoms with van der Waals surface area (Å²) in [6.07, 6.45) is 3.79. The van der Waals surface area contributed by atoms with Gasteiger partial charge in [-0.05, 0) is 41.4 Å². The lowest BCUT2D eigenvalue weighted by atomic mass is 10.1. The monoisotopic (exact) mass is 255 g/mol. The minimum Gasteiger partial charge on any atom is -0.382 e. The molecular weight excluding hydrogens is 238 g/mol. The number of benzene rings is 1. The summed E-state index contributed by atoms with van der Waals surface area (Å²) in [7, 11) is 0. The molecule has 1 nitrogen and oxygen atoms in total. The van der Waals surface area contributed by atoms with Crippen LogP contribution < -0.4 is 5.32 Å². The number of hydrogen-bond acceptors (Lipinski definition) is 1. The molecule has 1 rings (SSSR count). The summed E-state index contributed by atoms with van der Waals surface area (Å²) in [5.74, 6) is 0. The number of halogens is 1. The molecule has 14 heavy (non-hydrogen) atoms. The van der Waals surface area contributed by atoms with Gasteiger partial charge in [-0.2, -0.15) is 0 Å². The molecule has 0 saturated carbocycles. The molecule has 1 aromatic rings. The first-order chi connectivity index (χ1) is 6.74. The molecule has 0 fully saturated rings. The number of anilines is 1. The Morgan fingerprint density at radius 1 is 1.36 bits per heavy atom. The van der Waals surface area contributed by atoms with Crippen LogP contribution in [0, 0.1) is 0 Å². The molecule has 78 valence electrons. The first kappa shape index (κ1) is 11.6. The first-order valence-corrected chi connectivity index (χ1v) is 6.04. The summed E-state index contributed by atoms with van der Waals surface area (Å²) in [5.41, 5.74) is 1.19. The summed E-state index contributed by atoms with van der Waals surface area (Å²) >= 11 is 3.53. The highest BCUT2D eigenvalue weighted by Crippen LogP contribution is 2.22. The van der Waals surface area contributed by atoms with E-state index in [1.165, 1.54) is 24.9 Å².